The maximum Gasteiger partial charge on any atom is 0.135 e. The number of hydrogen-bond acceptors (Lipinski definition) is 3. The summed E-state index contributed by atoms with van der Waals surface area (Å²) >= 11 is 8.65. The summed E-state index contributed by atoms with van der Waals surface area (Å²) in [6.45, 7) is 6.31. The van der Waals surface area contributed by atoms with Gasteiger partial charge in [-0.2, -0.15) is 0 Å². The maximum atomic E-state index is 5.35. The van der Waals surface area contributed by atoms with Crippen LogP contribution >= 0.6 is 30.1 Å². The molecule has 0 rings (SSSR count). The van der Waals surface area contributed by atoms with E-state index in [0.717, 1.165) is 0 Å². The minimum absolute atomic E-state index is 0.0747. The molecule has 0 spiro atoms. The van der Waals surface area contributed by atoms with Crippen molar-refractivity contribution in [1.29, 1.82) is 0 Å². The lowest BCUT2D eigenvalue weighted by molar-refractivity contribution is 0.452. The van der Waals surface area contributed by atoms with Gasteiger partial charge in [-0.05, 0) is 24.6 Å². The quantitative estimate of drug-likeness (QED) is 0.701. The van der Waals surface area contributed by atoms with Gasteiger partial charge < -0.3 is 4.52 Å². The highest BCUT2D eigenvalue weighted by molar-refractivity contribution is 9.58. The third kappa shape index (κ3) is 2.49. The Morgan fingerprint density at radius 2 is 1.90 bits per heavy atom. The van der Waals surface area contributed by atoms with Crippen LogP contribution in [0.4, 0.5) is 0 Å². The van der Waals surface area contributed by atoms with Crippen molar-refractivity contribution in [2.75, 3.05) is 7.11 Å². The van der Waals surface area contributed by atoms with Crippen LogP contribution in [0.3, 0.4) is 0 Å². The van der Waals surface area contributed by atoms with Gasteiger partial charge in [-0.1, -0.05) is 32.6 Å². The average molecular weight is 263 g/mol. The monoisotopic (exact) mass is 262 g/mol. The van der Waals surface area contributed by atoms with Crippen molar-refractivity contribution in [3.8, 4) is 0 Å². The van der Waals surface area contributed by atoms with E-state index < -0.39 is 5.47 Å². The number of rotatable bonds is 2. The number of hydrogen-bond donors (Lipinski definition) is 0. The van der Waals surface area contributed by atoms with Gasteiger partial charge >= 0.3 is 0 Å². The molecule has 0 aliphatic heterocycles. The van der Waals surface area contributed by atoms with E-state index in [9.17, 15) is 0 Å². The molecule has 0 aliphatic carbocycles. The molecule has 5 heteroatoms. The fourth-order valence-corrected chi connectivity index (χ4v) is 6.98. The predicted molar refractivity (Wildman–Crippen MR) is 57.6 cm³/mol. The van der Waals surface area contributed by atoms with Gasteiger partial charge in [0.2, 0.25) is 0 Å². The molecular weight excluding hydrogens is 251 g/mol. The molecule has 0 N–H and O–H groups in total. The zero-order valence-corrected chi connectivity index (χ0v) is 10.7. The van der Waals surface area contributed by atoms with Crippen LogP contribution in [0, 0.1) is 0 Å². The van der Waals surface area contributed by atoms with Gasteiger partial charge in [-0.3, -0.25) is 0 Å². The lowest BCUT2D eigenvalue weighted by atomic mass is 10.3. The van der Waals surface area contributed by atoms with E-state index in [1.54, 1.807) is 7.11 Å². The molecular formula is C5H12BrOPS2. The van der Waals surface area contributed by atoms with Gasteiger partial charge in [0.25, 0.3) is 0 Å². The van der Waals surface area contributed by atoms with Crippen molar-refractivity contribution in [2.24, 2.45) is 0 Å². The minimum Gasteiger partial charge on any atom is -0.344 e. The standard InChI is InChI=1S/C5H12BrOPS2/c1-5(2,3)8(9,7-4)10-6/h1-4H3. The van der Waals surface area contributed by atoms with E-state index in [2.05, 4.69) is 35.6 Å². The molecule has 0 saturated carbocycles. The van der Waals surface area contributed by atoms with Gasteiger partial charge in [0.15, 0.2) is 0 Å². The van der Waals surface area contributed by atoms with Crippen LogP contribution < -0.4 is 0 Å². The van der Waals surface area contributed by atoms with E-state index in [0.29, 0.717) is 0 Å². The Morgan fingerprint density at radius 1 is 1.50 bits per heavy atom. The van der Waals surface area contributed by atoms with Crippen LogP contribution in [0.15, 0.2) is 0 Å². The first kappa shape index (κ1) is 11.4. The van der Waals surface area contributed by atoms with E-state index in [4.69, 9.17) is 16.3 Å². The van der Waals surface area contributed by atoms with Crippen molar-refractivity contribution >= 4 is 41.9 Å². The fraction of sp³-hybridized carbons (Fsp3) is 1.00. The number of halogens is 1. The first-order valence-corrected chi connectivity index (χ1v) is 8.82. The summed E-state index contributed by atoms with van der Waals surface area (Å²) in [7, 11) is 3.18. The van der Waals surface area contributed by atoms with Crippen molar-refractivity contribution in [3.63, 3.8) is 0 Å². The zero-order valence-electron chi connectivity index (χ0n) is 6.55. The van der Waals surface area contributed by atoms with Crippen LogP contribution in [0.25, 0.3) is 0 Å². The molecule has 0 aliphatic rings. The highest BCUT2D eigenvalue weighted by Gasteiger charge is 2.31. The molecule has 0 fully saturated rings. The van der Waals surface area contributed by atoms with Gasteiger partial charge in [0.05, 0.1) is 0 Å². The molecule has 0 amide bonds. The zero-order chi connectivity index (χ0) is 8.41. The maximum absolute atomic E-state index is 5.35. The highest BCUT2D eigenvalue weighted by atomic mass is 79.9. The molecule has 10 heavy (non-hydrogen) atoms. The summed E-state index contributed by atoms with van der Waals surface area (Å²) in [5.74, 6) is 0. The summed E-state index contributed by atoms with van der Waals surface area (Å²) in [4.78, 5) is 0. The topological polar surface area (TPSA) is 9.23 Å². The van der Waals surface area contributed by atoms with Gasteiger partial charge in [0.1, 0.15) is 5.47 Å². The van der Waals surface area contributed by atoms with E-state index in [-0.39, 0.29) is 5.16 Å². The normalized spacial score (nSPS) is 18.5. The average Bonchev–Trinajstić information content (AvgIpc) is 1.84. The minimum atomic E-state index is -1.70. The molecule has 0 radical (unpaired) electrons. The molecule has 1 nitrogen and oxygen atoms in total. The van der Waals surface area contributed by atoms with Gasteiger partial charge in [0, 0.05) is 12.3 Å². The van der Waals surface area contributed by atoms with Crippen LogP contribution in [0.1, 0.15) is 20.8 Å². The summed E-state index contributed by atoms with van der Waals surface area (Å²) in [6.07, 6.45) is 0. The Bertz CT molecular complexity index is 146. The molecule has 0 saturated heterocycles. The molecule has 62 valence electrons. The van der Waals surface area contributed by atoms with Crippen LogP contribution in [-0.4, -0.2) is 12.3 Å². The van der Waals surface area contributed by atoms with Crippen LogP contribution in [0.5, 0.6) is 0 Å². The molecule has 0 aromatic heterocycles. The summed E-state index contributed by atoms with van der Waals surface area (Å²) in [5, 5.41) is 0.0747. The molecule has 0 heterocycles. The second-order valence-corrected chi connectivity index (χ2v) is 12.6. The predicted octanol–water partition coefficient (Wildman–Crippen LogP) is 3.78. The van der Waals surface area contributed by atoms with Crippen LogP contribution in [-0.2, 0) is 16.3 Å². The van der Waals surface area contributed by atoms with Crippen molar-refractivity contribution < 1.29 is 4.52 Å². The van der Waals surface area contributed by atoms with Crippen molar-refractivity contribution in [2.45, 2.75) is 25.9 Å². The smallest absolute Gasteiger partial charge is 0.135 e. The molecule has 0 bridgehead atoms. The van der Waals surface area contributed by atoms with Gasteiger partial charge in [-0.25, -0.2) is 0 Å². The van der Waals surface area contributed by atoms with E-state index >= 15 is 0 Å². The lowest BCUT2D eigenvalue weighted by Crippen LogP contribution is -2.12. The second kappa shape index (κ2) is 3.90. The third-order valence-corrected chi connectivity index (χ3v) is 14.3. The van der Waals surface area contributed by atoms with Crippen molar-refractivity contribution in [3.05, 3.63) is 0 Å². The van der Waals surface area contributed by atoms with Gasteiger partial charge in [-0.15, -0.1) is 0 Å². The SMILES string of the molecule is COP(=S)(SBr)C(C)(C)C. The molecule has 0 aromatic carbocycles. The lowest BCUT2D eigenvalue weighted by Gasteiger charge is -2.30. The Morgan fingerprint density at radius 3 is 1.90 bits per heavy atom. The molecule has 0 aromatic rings. The summed E-state index contributed by atoms with van der Waals surface area (Å²) < 4.78 is 5.29. The first-order valence-electron chi connectivity index (χ1n) is 2.83. The second-order valence-electron chi connectivity index (χ2n) is 2.92. The van der Waals surface area contributed by atoms with E-state index in [1.807, 2.05) is 0 Å². The fourth-order valence-electron chi connectivity index (χ4n) is 0.406. The summed E-state index contributed by atoms with van der Waals surface area (Å²) in [6, 6.07) is 0. The van der Waals surface area contributed by atoms with E-state index in [1.165, 1.54) is 9.82 Å². The molecule has 1 unspecified atom stereocenters. The summed E-state index contributed by atoms with van der Waals surface area (Å²) in [5.41, 5.74) is -1.70. The molecule has 1 atom stereocenters. The van der Waals surface area contributed by atoms with Crippen molar-refractivity contribution in [1.82, 2.24) is 0 Å². The Labute approximate surface area is 79.3 Å². The largest absolute Gasteiger partial charge is 0.344 e. The van der Waals surface area contributed by atoms with Crippen LogP contribution in [0.2, 0.25) is 0 Å². The Balaban J connectivity index is 4.51. The highest BCUT2D eigenvalue weighted by Crippen LogP contribution is 2.70. The Kier molecular flexibility index (Phi) is 4.46. The first-order chi connectivity index (χ1) is 4.37. The third-order valence-electron chi connectivity index (χ3n) is 1.15. The Hall–Kier alpha value is 1.44.